The largest absolute Gasteiger partial charge is 0.352 e. The molecule has 2 saturated carbocycles. The van der Waals surface area contributed by atoms with Gasteiger partial charge >= 0.3 is 0 Å². The van der Waals surface area contributed by atoms with Crippen molar-refractivity contribution >= 4 is 23.3 Å². The standard InChI is InChI=1S/C21H26N2O3/c24-19-5-2-10-23(19)18-8-6-14(7-9-18)13-22-21(26)17-11-15-3-1-4-16(12-17)20(15)25/h6-9,15-17H,1-5,10-13H2,(H,22,26). The molecule has 1 aromatic carbocycles. The summed E-state index contributed by atoms with van der Waals surface area (Å²) in [6.45, 7) is 1.28. The number of nitrogens with zero attached hydrogens (tertiary/aromatic N) is 1. The molecule has 5 heteroatoms. The molecule has 1 aliphatic heterocycles. The number of fused-ring (bicyclic) bond motifs is 2. The van der Waals surface area contributed by atoms with Crippen LogP contribution in [0.15, 0.2) is 24.3 Å². The number of hydrogen-bond donors (Lipinski definition) is 1. The SMILES string of the molecule is O=C(NCc1ccc(N2CCCC2=O)cc1)C1CC2CCCC(C1)C2=O. The summed E-state index contributed by atoms with van der Waals surface area (Å²) in [6, 6.07) is 7.85. The van der Waals surface area contributed by atoms with Gasteiger partial charge in [0.1, 0.15) is 5.78 Å². The molecule has 3 fully saturated rings. The zero-order valence-electron chi connectivity index (χ0n) is 15.1. The van der Waals surface area contributed by atoms with Crippen molar-refractivity contribution in [3.8, 4) is 0 Å². The highest BCUT2D eigenvalue weighted by molar-refractivity contribution is 5.95. The van der Waals surface area contributed by atoms with E-state index in [1.54, 1.807) is 0 Å². The lowest BCUT2D eigenvalue weighted by molar-refractivity contribution is -0.137. The number of hydrogen-bond acceptors (Lipinski definition) is 3. The van der Waals surface area contributed by atoms with Gasteiger partial charge in [0, 0.05) is 43.0 Å². The first-order chi connectivity index (χ1) is 12.6. The molecule has 0 radical (unpaired) electrons. The van der Waals surface area contributed by atoms with E-state index < -0.39 is 0 Å². The molecule has 26 heavy (non-hydrogen) atoms. The molecule has 0 spiro atoms. The van der Waals surface area contributed by atoms with Gasteiger partial charge in [0.25, 0.3) is 0 Å². The molecule has 1 N–H and O–H groups in total. The van der Waals surface area contributed by atoms with Gasteiger partial charge in [-0.25, -0.2) is 0 Å². The van der Waals surface area contributed by atoms with Gasteiger partial charge < -0.3 is 10.2 Å². The first-order valence-corrected chi connectivity index (χ1v) is 9.82. The molecule has 2 aliphatic carbocycles. The van der Waals surface area contributed by atoms with Crippen molar-refractivity contribution in [2.24, 2.45) is 17.8 Å². The average Bonchev–Trinajstić information content (AvgIpc) is 3.06. The van der Waals surface area contributed by atoms with Crippen LogP contribution in [0.25, 0.3) is 0 Å². The minimum Gasteiger partial charge on any atom is -0.352 e. The van der Waals surface area contributed by atoms with Crippen LogP contribution in [-0.2, 0) is 20.9 Å². The summed E-state index contributed by atoms with van der Waals surface area (Å²) in [4.78, 5) is 38.3. The van der Waals surface area contributed by atoms with E-state index in [0.717, 1.165) is 56.3 Å². The fraction of sp³-hybridized carbons (Fsp3) is 0.571. The van der Waals surface area contributed by atoms with Crippen LogP contribution in [0.1, 0.15) is 50.5 Å². The second kappa shape index (κ2) is 7.22. The molecular formula is C21H26N2O3. The van der Waals surface area contributed by atoms with Crippen molar-refractivity contribution in [3.63, 3.8) is 0 Å². The summed E-state index contributed by atoms with van der Waals surface area (Å²) >= 11 is 0. The summed E-state index contributed by atoms with van der Waals surface area (Å²) < 4.78 is 0. The van der Waals surface area contributed by atoms with E-state index >= 15 is 0 Å². The molecule has 4 rings (SSSR count). The van der Waals surface area contributed by atoms with Gasteiger partial charge in [0.05, 0.1) is 0 Å². The summed E-state index contributed by atoms with van der Waals surface area (Å²) in [5.41, 5.74) is 1.96. The molecule has 2 bridgehead atoms. The topological polar surface area (TPSA) is 66.5 Å². The number of nitrogens with one attached hydrogen (secondary N) is 1. The number of carbonyl (C=O) groups excluding carboxylic acids is 3. The summed E-state index contributed by atoms with van der Waals surface area (Å²) in [6.07, 6.45) is 6.02. The number of amides is 2. The monoisotopic (exact) mass is 354 g/mol. The Morgan fingerprint density at radius 2 is 1.73 bits per heavy atom. The molecule has 1 aromatic rings. The summed E-state index contributed by atoms with van der Waals surface area (Å²) in [5.74, 6) is 0.847. The first-order valence-electron chi connectivity index (χ1n) is 9.82. The number of ketones is 1. The highest BCUT2D eigenvalue weighted by Gasteiger charge is 2.41. The molecule has 3 aliphatic rings. The van der Waals surface area contributed by atoms with E-state index in [2.05, 4.69) is 5.32 Å². The quantitative estimate of drug-likeness (QED) is 0.904. The van der Waals surface area contributed by atoms with Crippen LogP contribution in [0.3, 0.4) is 0 Å². The Bertz CT molecular complexity index is 696. The molecule has 5 nitrogen and oxygen atoms in total. The third-order valence-corrected chi connectivity index (χ3v) is 6.21. The Balaban J connectivity index is 1.32. The number of benzene rings is 1. The minimum absolute atomic E-state index is 0.0236. The maximum absolute atomic E-state index is 12.6. The predicted molar refractivity (Wildman–Crippen MR) is 98.4 cm³/mol. The van der Waals surface area contributed by atoms with Crippen molar-refractivity contribution in [2.75, 3.05) is 11.4 Å². The van der Waals surface area contributed by atoms with Gasteiger partial charge in [0.2, 0.25) is 11.8 Å². The Kier molecular flexibility index (Phi) is 4.79. The zero-order chi connectivity index (χ0) is 18.1. The van der Waals surface area contributed by atoms with Crippen molar-refractivity contribution in [3.05, 3.63) is 29.8 Å². The van der Waals surface area contributed by atoms with E-state index in [1.165, 1.54) is 0 Å². The highest BCUT2D eigenvalue weighted by atomic mass is 16.2. The van der Waals surface area contributed by atoms with Crippen LogP contribution in [0.5, 0.6) is 0 Å². The number of carbonyl (C=O) groups is 3. The van der Waals surface area contributed by atoms with Gasteiger partial charge in [-0.05, 0) is 49.8 Å². The molecule has 2 atom stereocenters. The first kappa shape index (κ1) is 17.3. The van der Waals surface area contributed by atoms with Gasteiger partial charge in [-0.1, -0.05) is 18.6 Å². The fourth-order valence-electron chi connectivity index (χ4n) is 4.74. The molecule has 138 valence electrons. The normalized spacial score (nSPS) is 28.3. The van der Waals surface area contributed by atoms with E-state index in [0.29, 0.717) is 18.7 Å². The van der Waals surface area contributed by atoms with Gasteiger partial charge in [0.15, 0.2) is 0 Å². The molecule has 1 saturated heterocycles. The smallest absolute Gasteiger partial charge is 0.227 e. The van der Waals surface area contributed by atoms with Crippen molar-refractivity contribution in [2.45, 2.75) is 51.5 Å². The average molecular weight is 354 g/mol. The highest BCUT2D eigenvalue weighted by Crippen LogP contribution is 2.40. The van der Waals surface area contributed by atoms with E-state index in [1.807, 2.05) is 29.2 Å². The van der Waals surface area contributed by atoms with E-state index in [4.69, 9.17) is 0 Å². The lowest BCUT2D eigenvalue weighted by Gasteiger charge is -2.36. The molecule has 0 aromatic heterocycles. The Morgan fingerprint density at radius 1 is 1.04 bits per heavy atom. The van der Waals surface area contributed by atoms with Crippen molar-refractivity contribution < 1.29 is 14.4 Å². The van der Waals surface area contributed by atoms with Gasteiger partial charge in [-0.3, -0.25) is 14.4 Å². The van der Waals surface area contributed by atoms with Crippen LogP contribution in [-0.4, -0.2) is 24.1 Å². The second-order valence-corrected chi connectivity index (χ2v) is 7.93. The Morgan fingerprint density at radius 3 is 2.35 bits per heavy atom. The van der Waals surface area contributed by atoms with Crippen LogP contribution >= 0.6 is 0 Å². The molecule has 1 heterocycles. The van der Waals surface area contributed by atoms with Crippen LogP contribution in [0, 0.1) is 17.8 Å². The van der Waals surface area contributed by atoms with Gasteiger partial charge in [-0.2, -0.15) is 0 Å². The molecule has 2 amide bonds. The van der Waals surface area contributed by atoms with E-state index in [9.17, 15) is 14.4 Å². The van der Waals surface area contributed by atoms with Crippen LogP contribution in [0.2, 0.25) is 0 Å². The Labute approximate surface area is 154 Å². The van der Waals surface area contributed by atoms with Crippen molar-refractivity contribution in [1.82, 2.24) is 5.32 Å². The molecular weight excluding hydrogens is 328 g/mol. The van der Waals surface area contributed by atoms with Crippen LogP contribution in [0.4, 0.5) is 5.69 Å². The number of Topliss-reactive ketones (excluding diaryl/α,β-unsaturated/α-hetero) is 1. The summed E-state index contributed by atoms with van der Waals surface area (Å²) in [5, 5.41) is 3.04. The fourth-order valence-corrected chi connectivity index (χ4v) is 4.74. The lowest BCUT2D eigenvalue weighted by atomic mass is 9.67. The third kappa shape index (κ3) is 3.39. The predicted octanol–water partition coefficient (Wildman–Crippen LogP) is 2.83. The Hall–Kier alpha value is -2.17. The lowest BCUT2D eigenvalue weighted by Crippen LogP contribution is -2.42. The summed E-state index contributed by atoms with van der Waals surface area (Å²) in [7, 11) is 0. The maximum atomic E-state index is 12.6. The number of rotatable bonds is 4. The second-order valence-electron chi connectivity index (χ2n) is 7.93. The number of anilines is 1. The maximum Gasteiger partial charge on any atom is 0.227 e. The van der Waals surface area contributed by atoms with Crippen molar-refractivity contribution in [1.29, 1.82) is 0 Å². The zero-order valence-corrected chi connectivity index (χ0v) is 15.1. The van der Waals surface area contributed by atoms with Gasteiger partial charge in [-0.15, -0.1) is 0 Å². The van der Waals surface area contributed by atoms with Crippen LogP contribution < -0.4 is 10.2 Å². The molecule has 2 unspecified atom stereocenters. The minimum atomic E-state index is -0.0236. The third-order valence-electron chi connectivity index (χ3n) is 6.21. The van der Waals surface area contributed by atoms with E-state index in [-0.39, 0.29) is 29.6 Å².